The lowest BCUT2D eigenvalue weighted by Crippen LogP contribution is -2.33. The molecule has 0 bridgehead atoms. The van der Waals surface area contributed by atoms with Gasteiger partial charge in [0.05, 0.1) is 6.61 Å². The number of hydrogen-bond donors (Lipinski definition) is 4. The molecule has 22 heavy (non-hydrogen) atoms. The molecule has 4 atom stereocenters. The highest BCUT2D eigenvalue weighted by Crippen LogP contribution is 2.34. The third kappa shape index (κ3) is 2.05. The van der Waals surface area contributed by atoms with Crippen LogP contribution in [0.2, 0.25) is 0 Å². The van der Waals surface area contributed by atoms with E-state index in [1.165, 1.54) is 11.6 Å². The summed E-state index contributed by atoms with van der Waals surface area (Å²) in [5.74, 6) is 0.112. The number of nitrogens with two attached hydrogens (primary N) is 1. The average Bonchev–Trinajstić information content (AvgIpc) is 2.95. The first-order chi connectivity index (χ1) is 10.4. The molecular weight excluding hydrogens is 362 g/mol. The van der Waals surface area contributed by atoms with E-state index in [1.54, 1.807) is 0 Å². The SMILES string of the molecule is Cn1c(N)c2nc(Br)n(C3O[C@H](CO)[C@@H](O)[C@H]3O)c2nc1=O. The maximum absolute atomic E-state index is 11.8. The number of ether oxygens (including phenoxy) is 1. The normalized spacial score (nSPS) is 28.6. The molecule has 1 aliphatic heterocycles. The maximum atomic E-state index is 11.8. The van der Waals surface area contributed by atoms with Gasteiger partial charge in [-0.05, 0) is 15.9 Å². The lowest BCUT2D eigenvalue weighted by atomic mass is 10.1. The van der Waals surface area contributed by atoms with E-state index in [1.807, 2.05) is 0 Å². The number of hydrogen-bond acceptors (Lipinski definition) is 8. The summed E-state index contributed by atoms with van der Waals surface area (Å²) in [6.45, 7) is -0.462. The van der Waals surface area contributed by atoms with Crippen LogP contribution in [-0.2, 0) is 11.8 Å². The molecule has 3 rings (SSSR count). The molecule has 0 saturated carbocycles. The van der Waals surface area contributed by atoms with E-state index in [2.05, 4.69) is 25.9 Å². The van der Waals surface area contributed by atoms with Gasteiger partial charge in [0.15, 0.2) is 16.6 Å². The van der Waals surface area contributed by atoms with Crippen LogP contribution in [0.1, 0.15) is 6.23 Å². The number of rotatable bonds is 2. The largest absolute Gasteiger partial charge is 0.394 e. The molecule has 120 valence electrons. The number of aliphatic hydroxyl groups excluding tert-OH is 3. The number of nitrogen functional groups attached to an aromatic ring is 1. The lowest BCUT2D eigenvalue weighted by Gasteiger charge is -2.17. The van der Waals surface area contributed by atoms with Crippen molar-refractivity contribution in [1.29, 1.82) is 0 Å². The Labute approximate surface area is 131 Å². The zero-order valence-electron chi connectivity index (χ0n) is 11.4. The highest BCUT2D eigenvalue weighted by molar-refractivity contribution is 9.10. The van der Waals surface area contributed by atoms with Gasteiger partial charge in [-0.15, -0.1) is 0 Å². The fourth-order valence-electron chi connectivity index (χ4n) is 2.42. The zero-order valence-corrected chi connectivity index (χ0v) is 13.0. The lowest BCUT2D eigenvalue weighted by molar-refractivity contribution is -0.0521. The summed E-state index contributed by atoms with van der Waals surface area (Å²) in [7, 11) is 1.46. The van der Waals surface area contributed by atoms with E-state index >= 15 is 0 Å². The minimum absolute atomic E-state index is 0.112. The Kier molecular flexibility index (Phi) is 3.69. The van der Waals surface area contributed by atoms with Crippen LogP contribution in [0.4, 0.5) is 5.82 Å². The van der Waals surface area contributed by atoms with Crippen molar-refractivity contribution >= 4 is 32.9 Å². The van der Waals surface area contributed by atoms with Gasteiger partial charge in [0.1, 0.15) is 29.6 Å². The molecule has 1 fully saturated rings. The number of imidazole rings is 1. The number of fused-ring (bicyclic) bond motifs is 1. The van der Waals surface area contributed by atoms with Crippen molar-refractivity contribution in [1.82, 2.24) is 19.1 Å². The van der Waals surface area contributed by atoms with E-state index < -0.39 is 36.8 Å². The summed E-state index contributed by atoms with van der Waals surface area (Å²) in [6.07, 6.45) is -4.61. The molecule has 1 unspecified atom stereocenters. The summed E-state index contributed by atoms with van der Waals surface area (Å²) >= 11 is 3.20. The van der Waals surface area contributed by atoms with Gasteiger partial charge in [0, 0.05) is 7.05 Å². The topological polar surface area (TPSA) is 149 Å². The predicted octanol–water partition coefficient (Wildman–Crippen LogP) is -1.91. The molecule has 0 radical (unpaired) electrons. The number of aliphatic hydroxyl groups is 3. The molecule has 1 saturated heterocycles. The Morgan fingerprint density at radius 3 is 2.64 bits per heavy atom. The third-order valence-corrected chi connectivity index (χ3v) is 4.27. The van der Waals surface area contributed by atoms with Crippen molar-refractivity contribution in [2.75, 3.05) is 12.3 Å². The summed E-state index contributed by atoms with van der Waals surface area (Å²) in [5.41, 5.74) is 5.63. The van der Waals surface area contributed by atoms with Gasteiger partial charge in [0.2, 0.25) is 0 Å². The number of anilines is 1. The van der Waals surface area contributed by atoms with Gasteiger partial charge < -0.3 is 25.8 Å². The van der Waals surface area contributed by atoms with Crippen LogP contribution in [0.15, 0.2) is 9.53 Å². The molecule has 1 aliphatic rings. The summed E-state index contributed by atoms with van der Waals surface area (Å²) in [6, 6.07) is 0. The minimum Gasteiger partial charge on any atom is -0.394 e. The van der Waals surface area contributed by atoms with Crippen LogP contribution in [0.25, 0.3) is 11.2 Å². The minimum atomic E-state index is -1.32. The molecule has 5 N–H and O–H groups in total. The van der Waals surface area contributed by atoms with Gasteiger partial charge in [-0.3, -0.25) is 9.13 Å². The molecule has 0 amide bonds. The predicted molar refractivity (Wildman–Crippen MR) is 77.9 cm³/mol. The molecule has 11 heteroatoms. The second kappa shape index (κ2) is 5.28. The smallest absolute Gasteiger partial charge is 0.350 e. The standard InChI is InChI=1S/C11H14BrN5O5/c1-16-7(13)4-8(15-11(16)21)17(10(12)14-4)9-6(20)5(19)3(2-18)22-9/h3,5-6,9,18-20H,2,13H2,1H3/t3-,5-,6-,9?/m1/s1. The van der Waals surface area contributed by atoms with E-state index in [4.69, 9.17) is 15.6 Å². The second-order valence-electron chi connectivity index (χ2n) is 4.99. The molecule has 10 nitrogen and oxygen atoms in total. The number of aromatic nitrogens is 4. The van der Waals surface area contributed by atoms with E-state index in [9.17, 15) is 15.0 Å². The van der Waals surface area contributed by atoms with E-state index in [-0.39, 0.29) is 21.7 Å². The van der Waals surface area contributed by atoms with Gasteiger partial charge >= 0.3 is 5.69 Å². The Hall–Kier alpha value is -1.53. The quantitative estimate of drug-likeness (QED) is 0.444. The molecule has 0 spiro atoms. The number of halogens is 1. The van der Waals surface area contributed by atoms with Crippen molar-refractivity contribution in [2.45, 2.75) is 24.5 Å². The maximum Gasteiger partial charge on any atom is 0.350 e. The fourth-order valence-corrected chi connectivity index (χ4v) is 2.97. The molecular formula is C11H14BrN5O5. The Balaban J connectivity index is 2.20. The third-order valence-electron chi connectivity index (χ3n) is 3.71. The van der Waals surface area contributed by atoms with Crippen LogP contribution >= 0.6 is 15.9 Å². The summed E-state index contributed by atoms with van der Waals surface area (Å²) in [5, 5.41) is 29.1. The van der Waals surface area contributed by atoms with E-state index in [0.29, 0.717) is 0 Å². The fraction of sp³-hybridized carbons (Fsp3) is 0.545. The van der Waals surface area contributed by atoms with Crippen molar-refractivity contribution in [3.63, 3.8) is 0 Å². The first-order valence-electron chi connectivity index (χ1n) is 6.39. The summed E-state index contributed by atoms with van der Waals surface area (Å²) in [4.78, 5) is 19.9. The van der Waals surface area contributed by atoms with Gasteiger partial charge in [0.25, 0.3) is 0 Å². The van der Waals surface area contributed by atoms with Gasteiger partial charge in [-0.25, -0.2) is 9.78 Å². The number of nitrogens with zero attached hydrogens (tertiary/aromatic N) is 4. The highest BCUT2D eigenvalue weighted by Gasteiger charge is 2.44. The van der Waals surface area contributed by atoms with Crippen LogP contribution in [0.3, 0.4) is 0 Å². The first-order valence-corrected chi connectivity index (χ1v) is 7.18. The Bertz CT molecular complexity index is 789. The summed E-state index contributed by atoms with van der Waals surface area (Å²) < 4.78 is 8.11. The molecule has 0 aromatic carbocycles. The van der Waals surface area contributed by atoms with E-state index in [0.717, 1.165) is 4.57 Å². The van der Waals surface area contributed by atoms with Crippen LogP contribution < -0.4 is 11.4 Å². The molecule has 0 aliphatic carbocycles. The molecule has 3 heterocycles. The average molecular weight is 376 g/mol. The second-order valence-corrected chi connectivity index (χ2v) is 5.70. The van der Waals surface area contributed by atoms with Crippen LogP contribution in [-0.4, -0.2) is 59.3 Å². The molecule has 2 aromatic heterocycles. The van der Waals surface area contributed by atoms with Crippen molar-refractivity contribution in [2.24, 2.45) is 7.05 Å². The monoisotopic (exact) mass is 375 g/mol. The highest BCUT2D eigenvalue weighted by atomic mass is 79.9. The van der Waals surface area contributed by atoms with Crippen LogP contribution in [0, 0.1) is 0 Å². The van der Waals surface area contributed by atoms with Crippen LogP contribution in [0.5, 0.6) is 0 Å². The van der Waals surface area contributed by atoms with Crippen molar-refractivity contribution in [3.05, 3.63) is 15.2 Å². The zero-order chi connectivity index (χ0) is 16.2. The Morgan fingerprint density at radius 2 is 2.05 bits per heavy atom. The van der Waals surface area contributed by atoms with Crippen molar-refractivity contribution < 1.29 is 20.1 Å². The Morgan fingerprint density at radius 1 is 1.36 bits per heavy atom. The van der Waals surface area contributed by atoms with Gasteiger partial charge in [-0.2, -0.15) is 4.98 Å². The van der Waals surface area contributed by atoms with Gasteiger partial charge in [-0.1, -0.05) is 0 Å². The van der Waals surface area contributed by atoms with Crippen molar-refractivity contribution in [3.8, 4) is 0 Å². The molecule has 2 aromatic rings. The first kappa shape index (κ1) is 15.4.